The standard InChI is InChI=1S/C21H26BrNO2/c1-4-15-7-9-17(6-3)18(11-15)13-23-21(24)14-25-20-10-8-16(5-2)12-19(20)22/h7-12H,4-6,13-14H2,1-3H3,(H,23,24). The summed E-state index contributed by atoms with van der Waals surface area (Å²) in [4.78, 5) is 12.1. The van der Waals surface area contributed by atoms with Gasteiger partial charge in [0.25, 0.3) is 5.91 Å². The van der Waals surface area contributed by atoms with Crippen LogP contribution in [0.2, 0.25) is 0 Å². The molecule has 0 atom stereocenters. The van der Waals surface area contributed by atoms with Gasteiger partial charge >= 0.3 is 0 Å². The Balaban J connectivity index is 1.91. The Bertz CT molecular complexity index is 728. The minimum atomic E-state index is -0.115. The summed E-state index contributed by atoms with van der Waals surface area (Å²) in [6, 6.07) is 12.4. The van der Waals surface area contributed by atoms with Crippen molar-refractivity contribution in [3.05, 3.63) is 63.1 Å². The SMILES string of the molecule is CCc1ccc(OCC(=O)NCc2cc(CC)ccc2CC)c(Br)c1. The second-order valence-electron chi connectivity index (χ2n) is 5.99. The van der Waals surface area contributed by atoms with Gasteiger partial charge in [-0.1, -0.05) is 45.0 Å². The number of carbonyl (C=O) groups is 1. The monoisotopic (exact) mass is 403 g/mol. The molecule has 2 aromatic rings. The van der Waals surface area contributed by atoms with Gasteiger partial charge in [0.1, 0.15) is 5.75 Å². The molecule has 0 heterocycles. The molecule has 1 N–H and O–H groups in total. The van der Waals surface area contributed by atoms with E-state index in [1.165, 1.54) is 22.3 Å². The van der Waals surface area contributed by atoms with Gasteiger partial charge in [0.05, 0.1) is 4.47 Å². The number of aryl methyl sites for hydroxylation is 3. The normalized spacial score (nSPS) is 10.6. The molecule has 134 valence electrons. The third kappa shape index (κ3) is 5.60. The number of carbonyl (C=O) groups excluding carboxylic acids is 1. The first-order chi connectivity index (χ1) is 12.1. The first kappa shape index (κ1) is 19.5. The Morgan fingerprint density at radius 3 is 2.28 bits per heavy atom. The number of ether oxygens (including phenoxy) is 1. The first-order valence-electron chi connectivity index (χ1n) is 8.85. The average Bonchev–Trinajstić information content (AvgIpc) is 2.64. The molecule has 1 amide bonds. The highest BCUT2D eigenvalue weighted by atomic mass is 79.9. The Kier molecular flexibility index (Phi) is 7.51. The molecule has 2 aromatic carbocycles. The molecule has 0 aliphatic rings. The molecule has 0 saturated carbocycles. The Labute approximate surface area is 158 Å². The van der Waals surface area contributed by atoms with Gasteiger partial charge in [-0.2, -0.15) is 0 Å². The van der Waals surface area contributed by atoms with Crippen LogP contribution in [0.15, 0.2) is 40.9 Å². The van der Waals surface area contributed by atoms with Crippen LogP contribution < -0.4 is 10.1 Å². The van der Waals surface area contributed by atoms with E-state index in [-0.39, 0.29) is 12.5 Å². The molecule has 4 heteroatoms. The molecular weight excluding hydrogens is 378 g/mol. The summed E-state index contributed by atoms with van der Waals surface area (Å²) in [6.45, 7) is 6.92. The third-order valence-corrected chi connectivity index (χ3v) is 4.92. The van der Waals surface area contributed by atoms with Gasteiger partial charge in [-0.05, 0) is 69.6 Å². The van der Waals surface area contributed by atoms with E-state index in [2.05, 4.69) is 60.2 Å². The second-order valence-corrected chi connectivity index (χ2v) is 6.85. The van der Waals surface area contributed by atoms with Crippen molar-refractivity contribution in [2.24, 2.45) is 0 Å². The summed E-state index contributed by atoms with van der Waals surface area (Å²) in [6.07, 6.45) is 2.92. The molecule has 0 saturated heterocycles. The quantitative estimate of drug-likeness (QED) is 0.684. The van der Waals surface area contributed by atoms with Gasteiger partial charge in [-0.15, -0.1) is 0 Å². The molecule has 0 spiro atoms. The number of amides is 1. The van der Waals surface area contributed by atoms with Gasteiger partial charge in [0.2, 0.25) is 0 Å². The number of halogens is 1. The topological polar surface area (TPSA) is 38.3 Å². The average molecular weight is 404 g/mol. The molecule has 0 unspecified atom stereocenters. The highest BCUT2D eigenvalue weighted by molar-refractivity contribution is 9.10. The maximum atomic E-state index is 12.1. The van der Waals surface area contributed by atoms with E-state index in [0.717, 1.165) is 23.7 Å². The summed E-state index contributed by atoms with van der Waals surface area (Å²) in [5, 5.41) is 2.96. The fourth-order valence-corrected chi connectivity index (χ4v) is 3.22. The van der Waals surface area contributed by atoms with E-state index in [1.807, 2.05) is 18.2 Å². The maximum absolute atomic E-state index is 12.1. The zero-order valence-corrected chi connectivity index (χ0v) is 16.8. The molecule has 0 radical (unpaired) electrons. The predicted molar refractivity (Wildman–Crippen MR) is 106 cm³/mol. The van der Waals surface area contributed by atoms with Crippen LogP contribution in [-0.2, 0) is 30.6 Å². The highest BCUT2D eigenvalue weighted by Gasteiger charge is 2.08. The molecule has 0 fully saturated rings. The number of rotatable bonds is 8. The lowest BCUT2D eigenvalue weighted by atomic mass is 10.0. The Morgan fingerprint density at radius 1 is 0.960 bits per heavy atom. The Hall–Kier alpha value is -1.81. The molecule has 0 aliphatic carbocycles. The molecule has 0 aliphatic heterocycles. The molecule has 0 bridgehead atoms. The van der Waals surface area contributed by atoms with Crippen molar-refractivity contribution in [2.75, 3.05) is 6.61 Å². The van der Waals surface area contributed by atoms with Crippen LogP contribution >= 0.6 is 15.9 Å². The Morgan fingerprint density at radius 2 is 1.64 bits per heavy atom. The minimum Gasteiger partial charge on any atom is -0.483 e. The molecule has 0 aromatic heterocycles. The summed E-state index contributed by atoms with van der Waals surface area (Å²) in [7, 11) is 0. The van der Waals surface area contributed by atoms with Gasteiger partial charge in [-0.3, -0.25) is 4.79 Å². The lowest BCUT2D eigenvalue weighted by Gasteiger charge is -2.12. The van der Waals surface area contributed by atoms with E-state index >= 15 is 0 Å². The fourth-order valence-electron chi connectivity index (χ4n) is 2.68. The van der Waals surface area contributed by atoms with Crippen LogP contribution in [0.5, 0.6) is 5.75 Å². The predicted octanol–water partition coefficient (Wildman–Crippen LogP) is 4.83. The minimum absolute atomic E-state index is 0.0129. The smallest absolute Gasteiger partial charge is 0.258 e. The van der Waals surface area contributed by atoms with Crippen LogP contribution in [0.4, 0.5) is 0 Å². The van der Waals surface area contributed by atoms with Crippen molar-refractivity contribution < 1.29 is 9.53 Å². The number of benzene rings is 2. The summed E-state index contributed by atoms with van der Waals surface area (Å²) in [5.41, 5.74) is 4.98. The zero-order valence-electron chi connectivity index (χ0n) is 15.2. The van der Waals surface area contributed by atoms with Crippen molar-refractivity contribution in [1.29, 1.82) is 0 Å². The van der Waals surface area contributed by atoms with Crippen LogP contribution in [-0.4, -0.2) is 12.5 Å². The van der Waals surface area contributed by atoms with Gasteiger partial charge in [-0.25, -0.2) is 0 Å². The van der Waals surface area contributed by atoms with E-state index < -0.39 is 0 Å². The second kappa shape index (κ2) is 9.62. The summed E-state index contributed by atoms with van der Waals surface area (Å²) < 4.78 is 6.51. The van der Waals surface area contributed by atoms with Crippen molar-refractivity contribution in [3.63, 3.8) is 0 Å². The first-order valence-corrected chi connectivity index (χ1v) is 9.65. The summed E-state index contributed by atoms with van der Waals surface area (Å²) >= 11 is 3.49. The van der Waals surface area contributed by atoms with Gasteiger partial charge < -0.3 is 10.1 Å². The van der Waals surface area contributed by atoms with Crippen molar-refractivity contribution >= 4 is 21.8 Å². The lowest BCUT2D eigenvalue weighted by molar-refractivity contribution is -0.123. The van der Waals surface area contributed by atoms with Crippen LogP contribution in [0.25, 0.3) is 0 Å². The third-order valence-electron chi connectivity index (χ3n) is 4.30. The van der Waals surface area contributed by atoms with Crippen LogP contribution in [0.1, 0.15) is 43.0 Å². The fraction of sp³-hybridized carbons (Fsp3) is 0.381. The zero-order chi connectivity index (χ0) is 18.2. The molecule has 3 nitrogen and oxygen atoms in total. The highest BCUT2D eigenvalue weighted by Crippen LogP contribution is 2.26. The molecule has 25 heavy (non-hydrogen) atoms. The molecular formula is C21H26BrNO2. The van der Waals surface area contributed by atoms with Crippen LogP contribution in [0.3, 0.4) is 0 Å². The van der Waals surface area contributed by atoms with Crippen LogP contribution in [0, 0.1) is 0 Å². The van der Waals surface area contributed by atoms with E-state index in [1.54, 1.807) is 0 Å². The molecule has 2 rings (SSSR count). The number of nitrogens with one attached hydrogen (secondary N) is 1. The van der Waals surface area contributed by atoms with Gasteiger partial charge in [0, 0.05) is 6.54 Å². The van der Waals surface area contributed by atoms with Gasteiger partial charge in [0.15, 0.2) is 6.61 Å². The maximum Gasteiger partial charge on any atom is 0.258 e. The van der Waals surface area contributed by atoms with E-state index in [4.69, 9.17) is 4.74 Å². The lowest BCUT2D eigenvalue weighted by Crippen LogP contribution is -2.28. The van der Waals surface area contributed by atoms with E-state index in [9.17, 15) is 4.79 Å². The number of hydrogen-bond donors (Lipinski definition) is 1. The van der Waals surface area contributed by atoms with Crippen molar-refractivity contribution in [3.8, 4) is 5.75 Å². The summed E-state index contributed by atoms with van der Waals surface area (Å²) in [5.74, 6) is 0.574. The van der Waals surface area contributed by atoms with Crippen molar-refractivity contribution in [2.45, 2.75) is 46.6 Å². The number of hydrogen-bond acceptors (Lipinski definition) is 2. The largest absolute Gasteiger partial charge is 0.483 e. The van der Waals surface area contributed by atoms with Crippen molar-refractivity contribution in [1.82, 2.24) is 5.32 Å². The van der Waals surface area contributed by atoms with E-state index in [0.29, 0.717) is 12.3 Å².